The largest absolute Gasteiger partial charge is 0.465 e. The monoisotopic (exact) mass is 308 g/mol. The quantitative estimate of drug-likeness (QED) is 0.896. The van der Waals surface area contributed by atoms with E-state index in [2.05, 4.69) is 15.9 Å². The van der Waals surface area contributed by atoms with Gasteiger partial charge >= 0.3 is 0 Å². The predicted octanol–water partition coefficient (Wildman–Crippen LogP) is 1.64. The van der Waals surface area contributed by atoms with Gasteiger partial charge in [0.25, 0.3) is 0 Å². The Morgan fingerprint density at radius 3 is 2.73 bits per heavy atom. The van der Waals surface area contributed by atoms with Crippen molar-refractivity contribution in [3.05, 3.63) is 23.7 Å². The zero-order chi connectivity index (χ0) is 15.4. The molecule has 5 nitrogen and oxygen atoms in total. The molecule has 2 aliphatic rings. The molecule has 2 fully saturated rings. The summed E-state index contributed by atoms with van der Waals surface area (Å²) in [6.45, 7) is 8.05. The second-order valence-corrected chi connectivity index (χ2v) is 6.49. The van der Waals surface area contributed by atoms with Crippen molar-refractivity contribution in [3.8, 4) is 0 Å². The van der Waals surface area contributed by atoms with Gasteiger partial charge in [0.2, 0.25) is 0 Å². The molecule has 1 atom stereocenters. The fourth-order valence-corrected chi connectivity index (χ4v) is 3.70. The van der Waals surface area contributed by atoms with E-state index in [1.165, 1.54) is 0 Å². The van der Waals surface area contributed by atoms with Gasteiger partial charge in [-0.25, -0.2) is 0 Å². The van der Waals surface area contributed by atoms with Crippen molar-refractivity contribution in [2.75, 3.05) is 39.5 Å². The van der Waals surface area contributed by atoms with E-state index in [0.29, 0.717) is 12.1 Å². The number of aliphatic hydroxyl groups is 1. The van der Waals surface area contributed by atoms with Crippen LogP contribution in [0.2, 0.25) is 0 Å². The van der Waals surface area contributed by atoms with Crippen molar-refractivity contribution in [1.82, 2.24) is 9.80 Å². The van der Waals surface area contributed by atoms with Crippen LogP contribution in [0, 0.1) is 6.92 Å². The summed E-state index contributed by atoms with van der Waals surface area (Å²) in [5.41, 5.74) is 0. The van der Waals surface area contributed by atoms with Crippen molar-refractivity contribution in [2.24, 2.45) is 0 Å². The van der Waals surface area contributed by atoms with Gasteiger partial charge in [-0.05, 0) is 38.3 Å². The van der Waals surface area contributed by atoms with Gasteiger partial charge in [0.05, 0.1) is 6.54 Å². The zero-order valence-electron chi connectivity index (χ0n) is 13.5. The minimum atomic E-state index is 0.250. The summed E-state index contributed by atoms with van der Waals surface area (Å²) in [5, 5.41) is 9.41. The van der Waals surface area contributed by atoms with Crippen LogP contribution < -0.4 is 0 Å². The third kappa shape index (κ3) is 3.90. The van der Waals surface area contributed by atoms with Crippen LogP contribution in [0.3, 0.4) is 0 Å². The van der Waals surface area contributed by atoms with Crippen LogP contribution in [0.4, 0.5) is 0 Å². The third-order valence-corrected chi connectivity index (χ3v) is 4.96. The maximum atomic E-state index is 9.41. The van der Waals surface area contributed by atoms with Gasteiger partial charge in [0.1, 0.15) is 11.5 Å². The predicted molar refractivity (Wildman–Crippen MR) is 84.8 cm³/mol. The number of hydrogen-bond acceptors (Lipinski definition) is 5. The molecule has 0 unspecified atom stereocenters. The maximum absolute atomic E-state index is 9.41. The lowest BCUT2D eigenvalue weighted by Crippen LogP contribution is -2.56. The number of aliphatic hydroxyl groups excluding tert-OH is 1. The molecular formula is C17H28N2O3. The van der Waals surface area contributed by atoms with E-state index in [-0.39, 0.29) is 6.61 Å². The molecule has 124 valence electrons. The molecule has 0 aromatic carbocycles. The Balaban J connectivity index is 1.60. The summed E-state index contributed by atoms with van der Waals surface area (Å²) >= 11 is 0. The van der Waals surface area contributed by atoms with Crippen LogP contribution >= 0.6 is 0 Å². The topological polar surface area (TPSA) is 49.1 Å². The molecule has 1 N–H and O–H groups in total. The van der Waals surface area contributed by atoms with Crippen LogP contribution in [0.1, 0.15) is 30.8 Å². The number of furan rings is 1. The van der Waals surface area contributed by atoms with E-state index >= 15 is 0 Å². The van der Waals surface area contributed by atoms with Gasteiger partial charge < -0.3 is 14.3 Å². The van der Waals surface area contributed by atoms with Crippen LogP contribution in [-0.2, 0) is 11.3 Å². The molecule has 0 radical (unpaired) electrons. The van der Waals surface area contributed by atoms with Crippen LogP contribution in [0.5, 0.6) is 0 Å². The van der Waals surface area contributed by atoms with Crippen molar-refractivity contribution in [1.29, 1.82) is 0 Å². The maximum Gasteiger partial charge on any atom is 0.118 e. The lowest BCUT2D eigenvalue weighted by atomic mass is 10.0. The van der Waals surface area contributed by atoms with E-state index in [0.717, 1.165) is 70.2 Å². The Bertz CT molecular complexity index is 457. The number of ether oxygens (including phenoxy) is 1. The van der Waals surface area contributed by atoms with Gasteiger partial charge in [-0.2, -0.15) is 0 Å². The number of hydrogen-bond donors (Lipinski definition) is 1. The van der Waals surface area contributed by atoms with Crippen LogP contribution in [0.15, 0.2) is 16.5 Å². The Kier molecular flexibility index (Phi) is 5.52. The van der Waals surface area contributed by atoms with Crippen molar-refractivity contribution in [2.45, 2.75) is 44.8 Å². The first-order valence-electron chi connectivity index (χ1n) is 8.48. The lowest BCUT2D eigenvalue weighted by Gasteiger charge is -2.45. The molecule has 1 aromatic rings. The normalized spacial score (nSPS) is 25.6. The highest BCUT2D eigenvalue weighted by Crippen LogP contribution is 2.22. The Labute approximate surface area is 132 Å². The minimum absolute atomic E-state index is 0.250. The van der Waals surface area contributed by atoms with Gasteiger partial charge in [-0.15, -0.1) is 0 Å². The summed E-state index contributed by atoms with van der Waals surface area (Å²) in [5.74, 6) is 1.99. The first-order chi connectivity index (χ1) is 10.8. The van der Waals surface area contributed by atoms with E-state index in [9.17, 15) is 5.11 Å². The van der Waals surface area contributed by atoms with Gasteiger partial charge in [-0.3, -0.25) is 9.80 Å². The fourth-order valence-electron chi connectivity index (χ4n) is 3.70. The highest BCUT2D eigenvalue weighted by molar-refractivity contribution is 5.06. The third-order valence-electron chi connectivity index (χ3n) is 4.96. The molecule has 1 aromatic heterocycles. The SMILES string of the molecule is Cc1ccc(CN2CCN(C3CCOCC3)C[C@H]2CCO)o1. The number of rotatable bonds is 5. The number of piperazine rings is 1. The molecule has 0 saturated carbocycles. The van der Waals surface area contributed by atoms with Crippen molar-refractivity contribution < 1.29 is 14.3 Å². The molecule has 2 saturated heterocycles. The first kappa shape index (κ1) is 16.0. The van der Waals surface area contributed by atoms with Crippen molar-refractivity contribution in [3.63, 3.8) is 0 Å². The molecule has 0 aliphatic carbocycles. The summed E-state index contributed by atoms with van der Waals surface area (Å²) in [4.78, 5) is 5.07. The smallest absolute Gasteiger partial charge is 0.118 e. The average Bonchev–Trinajstić information content (AvgIpc) is 2.95. The highest BCUT2D eigenvalue weighted by Gasteiger charge is 2.31. The number of nitrogens with zero attached hydrogens (tertiary/aromatic N) is 2. The summed E-state index contributed by atoms with van der Waals surface area (Å²) in [6, 6.07) is 5.15. The van der Waals surface area contributed by atoms with Gasteiger partial charge in [-0.1, -0.05) is 0 Å². The molecule has 0 amide bonds. The van der Waals surface area contributed by atoms with Crippen LogP contribution in [0.25, 0.3) is 0 Å². The molecule has 5 heteroatoms. The molecule has 0 spiro atoms. The van der Waals surface area contributed by atoms with Crippen LogP contribution in [-0.4, -0.2) is 66.4 Å². The van der Waals surface area contributed by atoms with E-state index < -0.39 is 0 Å². The van der Waals surface area contributed by atoms with E-state index in [1.54, 1.807) is 0 Å². The lowest BCUT2D eigenvalue weighted by molar-refractivity contribution is -0.0132. The highest BCUT2D eigenvalue weighted by atomic mass is 16.5. The minimum Gasteiger partial charge on any atom is -0.465 e. The first-order valence-corrected chi connectivity index (χ1v) is 8.48. The second kappa shape index (κ2) is 7.59. The van der Waals surface area contributed by atoms with Gasteiger partial charge in [0.15, 0.2) is 0 Å². The molecular weight excluding hydrogens is 280 g/mol. The van der Waals surface area contributed by atoms with E-state index in [4.69, 9.17) is 9.15 Å². The average molecular weight is 308 g/mol. The van der Waals surface area contributed by atoms with Gasteiger partial charge in [0, 0.05) is 51.5 Å². The van der Waals surface area contributed by atoms with Crippen molar-refractivity contribution >= 4 is 0 Å². The Hall–Kier alpha value is -0.880. The molecule has 0 bridgehead atoms. The summed E-state index contributed by atoms with van der Waals surface area (Å²) in [7, 11) is 0. The Morgan fingerprint density at radius 2 is 2.05 bits per heavy atom. The molecule has 22 heavy (non-hydrogen) atoms. The zero-order valence-corrected chi connectivity index (χ0v) is 13.5. The summed E-state index contributed by atoms with van der Waals surface area (Å²) in [6.07, 6.45) is 3.12. The standard InChI is InChI=1S/C17H28N2O3/c1-14-2-3-17(22-14)13-19-8-7-18(12-16(19)4-9-20)15-5-10-21-11-6-15/h2-3,15-16,20H,4-13H2,1H3/t16-/m1/s1. The fraction of sp³-hybridized carbons (Fsp3) is 0.765. The molecule has 3 heterocycles. The Morgan fingerprint density at radius 1 is 1.23 bits per heavy atom. The van der Waals surface area contributed by atoms with E-state index in [1.807, 2.05) is 13.0 Å². The molecule has 3 rings (SSSR count). The molecule has 2 aliphatic heterocycles. The second-order valence-electron chi connectivity index (χ2n) is 6.49. The number of aryl methyl sites for hydroxylation is 1. The summed E-state index contributed by atoms with van der Waals surface area (Å²) < 4.78 is 11.2.